The Balaban J connectivity index is 1.89. The van der Waals surface area contributed by atoms with E-state index >= 15 is 0 Å². The van der Waals surface area contributed by atoms with Crippen LogP contribution < -0.4 is 5.32 Å². The molecule has 0 bridgehead atoms. The number of carbonyl (C=O) groups excluding carboxylic acids is 2. The lowest BCUT2D eigenvalue weighted by Gasteiger charge is -2.31. The molecule has 0 spiro atoms. The van der Waals surface area contributed by atoms with Crippen LogP contribution in [0.1, 0.15) is 32.8 Å². The highest BCUT2D eigenvalue weighted by Gasteiger charge is 2.31. The summed E-state index contributed by atoms with van der Waals surface area (Å²) >= 11 is 12.7. The first-order valence-corrected chi connectivity index (χ1v) is 14.1. The number of fused-ring (bicyclic) bond motifs is 1. The summed E-state index contributed by atoms with van der Waals surface area (Å²) in [7, 11) is -2.64. The molecule has 7 nitrogen and oxygen atoms in total. The van der Waals surface area contributed by atoms with Gasteiger partial charge in [0.15, 0.2) is 0 Å². The van der Waals surface area contributed by atoms with E-state index in [1.54, 1.807) is 37.3 Å². The maximum atomic E-state index is 13.5. The average Bonchev–Trinajstić information content (AvgIpc) is 2.87. The fourth-order valence-electron chi connectivity index (χ4n) is 3.78. The number of benzene rings is 3. The van der Waals surface area contributed by atoms with Gasteiger partial charge in [-0.3, -0.25) is 9.59 Å². The molecule has 0 radical (unpaired) electrons. The third kappa shape index (κ3) is 6.82. The largest absolute Gasteiger partial charge is 0.352 e. The third-order valence-corrected chi connectivity index (χ3v) is 8.85. The zero-order valence-corrected chi connectivity index (χ0v) is 23.6. The van der Waals surface area contributed by atoms with Gasteiger partial charge >= 0.3 is 0 Å². The van der Waals surface area contributed by atoms with Crippen LogP contribution in [0.4, 0.5) is 0 Å². The molecule has 198 valence electrons. The van der Waals surface area contributed by atoms with Gasteiger partial charge in [-0.25, -0.2) is 8.42 Å². The molecule has 3 rings (SSSR count). The second kappa shape index (κ2) is 12.3. The summed E-state index contributed by atoms with van der Waals surface area (Å²) in [5.41, 5.74) is 0.474. The minimum absolute atomic E-state index is 0.0592. The fraction of sp³-hybridized carbons (Fsp3) is 0.333. The molecule has 0 fully saturated rings. The summed E-state index contributed by atoms with van der Waals surface area (Å²) in [5, 5.41) is 5.24. The Bertz CT molecular complexity index is 1380. The van der Waals surface area contributed by atoms with Crippen LogP contribution in [0.5, 0.6) is 0 Å². The van der Waals surface area contributed by atoms with E-state index in [1.807, 2.05) is 38.1 Å². The lowest BCUT2D eigenvalue weighted by atomic mass is 10.1. The van der Waals surface area contributed by atoms with Gasteiger partial charge in [0.25, 0.3) is 0 Å². The molecular formula is C27H31Cl2N3O4S. The lowest BCUT2D eigenvalue weighted by Crippen LogP contribution is -2.52. The van der Waals surface area contributed by atoms with E-state index in [0.29, 0.717) is 15.6 Å². The van der Waals surface area contributed by atoms with Gasteiger partial charge in [0.1, 0.15) is 6.04 Å². The standard InChI is InChI=1S/C27H31Cl2N3O4S/c1-5-18(2)30-27(34)19(3)32(16-23-24(28)11-8-12-25(23)29)26(33)17-31(4)37(35,36)22-14-13-20-9-6-7-10-21(20)15-22/h6-15,18-19H,5,16-17H2,1-4H3,(H,30,34)/t18-,19+/m1/s1. The van der Waals surface area contributed by atoms with Crippen molar-refractivity contribution >= 4 is 55.8 Å². The molecule has 2 atom stereocenters. The monoisotopic (exact) mass is 563 g/mol. The topological polar surface area (TPSA) is 86.8 Å². The minimum Gasteiger partial charge on any atom is -0.352 e. The van der Waals surface area contributed by atoms with Crippen molar-refractivity contribution in [3.8, 4) is 0 Å². The number of rotatable bonds is 10. The van der Waals surface area contributed by atoms with Crippen LogP contribution in [-0.2, 0) is 26.2 Å². The van der Waals surface area contributed by atoms with Crippen LogP contribution in [0.25, 0.3) is 10.8 Å². The molecule has 0 aliphatic heterocycles. The molecule has 0 heterocycles. The SMILES string of the molecule is CC[C@@H](C)NC(=O)[C@H](C)N(Cc1c(Cl)cccc1Cl)C(=O)CN(C)S(=O)(=O)c1ccc2ccccc2c1. The fourth-order valence-corrected chi connectivity index (χ4v) is 5.45. The van der Waals surface area contributed by atoms with E-state index < -0.39 is 28.5 Å². The van der Waals surface area contributed by atoms with E-state index in [1.165, 1.54) is 18.0 Å². The molecule has 1 N–H and O–H groups in total. The van der Waals surface area contributed by atoms with Gasteiger partial charge in [0.05, 0.1) is 11.4 Å². The maximum absolute atomic E-state index is 13.5. The summed E-state index contributed by atoms with van der Waals surface area (Å²) in [6.07, 6.45) is 0.718. The minimum atomic E-state index is -3.98. The Morgan fingerprint density at radius 3 is 2.19 bits per heavy atom. The predicted molar refractivity (Wildman–Crippen MR) is 148 cm³/mol. The van der Waals surface area contributed by atoms with Gasteiger partial charge in [-0.2, -0.15) is 4.31 Å². The normalized spacial score (nSPS) is 13.4. The number of likely N-dealkylation sites (N-methyl/N-ethyl adjacent to an activating group) is 1. The Labute approximate surface area is 228 Å². The summed E-state index contributed by atoms with van der Waals surface area (Å²) in [6.45, 7) is 4.87. The van der Waals surface area contributed by atoms with Gasteiger partial charge in [0.2, 0.25) is 21.8 Å². The van der Waals surface area contributed by atoms with Gasteiger partial charge in [-0.1, -0.05) is 66.5 Å². The molecule has 0 unspecified atom stereocenters. The van der Waals surface area contributed by atoms with Crippen molar-refractivity contribution in [3.63, 3.8) is 0 Å². The zero-order chi connectivity index (χ0) is 27.3. The molecule has 0 aliphatic carbocycles. The quantitative estimate of drug-likeness (QED) is 0.371. The first kappa shape index (κ1) is 28.9. The Morgan fingerprint density at radius 2 is 1.57 bits per heavy atom. The predicted octanol–water partition coefficient (Wildman–Crippen LogP) is 5.10. The molecule has 3 aromatic carbocycles. The second-order valence-corrected chi connectivity index (χ2v) is 11.8. The van der Waals surface area contributed by atoms with Crippen LogP contribution >= 0.6 is 23.2 Å². The number of halogens is 2. The summed E-state index contributed by atoms with van der Waals surface area (Å²) in [5.74, 6) is -0.916. The number of sulfonamides is 1. The van der Waals surface area contributed by atoms with Gasteiger partial charge < -0.3 is 10.2 Å². The number of hydrogen-bond acceptors (Lipinski definition) is 4. The zero-order valence-electron chi connectivity index (χ0n) is 21.2. The molecule has 3 aromatic rings. The van der Waals surface area contributed by atoms with E-state index in [9.17, 15) is 18.0 Å². The second-order valence-electron chi connectivity index (χ2n) is 8.99. The smallest absolute Gasteiger partial charge is 0.243 e. The lowest BCUT2D eigenvalue weighted by molar-refractivity contribution is -0.140. The number of carbonyl (C=O) groups is 2. The molecule has 0 saturated heterocycles. The molecule has 2 amide bonds. The highest BCUT2D eigenvalue weighted by molar-refractivity contribution is 7.89. The van der Waals surface area contributed by atoms with E-state index in [-0.39, 0.29) is 23.4 Å². The first-order valence-electron chi connectivity index (χ1n) is 11.9. The molecule has 0 aromatic heterocycles. The van der Waals surface area contributed by atoms with Crippen LogP contribution in [-0.4, -0.2) is 55.1 Å². The Hall–Kier alpha value is -2.65. The number of nitrogens with one attached hydrogen (secondary N) is 1. The van der Waals surface area contributed by atoms with E-state index in [4.69, 9.17) is 23.2 Å². The Kier molecular flexibility index (Phi) is 9.58. The number of amides is 2. The van der Waals surface area contributed by atoms with Gasteiger partial charge in [0, 0.05) is 35.2 Å². The van der Waals surface area contributed by atoms with Crippen LogP contribution in [0.15, 0.2) is 65.6 Å². The van der Waals surface area contributed by atoms with Crippen molar-refractivity contribution < 1.29 is 18.0 Å². The highest BCUT2D eigenvalue weighted by atomic mass is 35.5. The number of hydrogen-bond donors (Lipinski definition) is 1. The van der Waals surface area contributed by atoms with Crippen molar-refractivity contribution in [1.29, 1.82) is 0 Å². The molecule has 37 heavy (non-hydrogen) atoms. The third-order valence-electron chi connectivity index (χ3n) is 6.35. The maximum Gasteiger partial charge on any atom is 0.243 e. The van der Waals surface area contributed by atoms with Crippen LogP contribution in [0.2, 0.25) is 10.0 Å². The summed E-state index contributed by atoms with van der Waals surface area (Å²) in [6, 6.07) is 16.2. The van der Waals surface area contributed by atoms with E-state index in [0.717, 1.165) is 21.5 Å². The average molecular weight is 565 g/mol. The van der Waals surface area contributed by atoms with Crippen LogP contribution in [0.3, 0.4) is 0 Å². The van der Waals surface area contributed by atoms with E-state index in [2.05, 4.69) is 5.32 Å². The van der Waals surface area contributed by atoms with Gasteiger partial charge in [-0.15, -0.1) is 0 Å². The van der Waals surface area contributed by atoms with Crippen molar-refractivity contribution in [2.45, 2.75) is 50.7 Å². The van der Waals surface area contributed by atoms with Crippen LogP contribution in [0, 0.1) is 0 Å². The van der Waals surface area contributed by atoms with Crippen molar-refractivity contribution in [3.05, 3.63) is 76.3 Å². The molecule has 0 aliphatic rings. The van der Waals surface area contributed by atoms with Crippen molar-refractivity contribution in [2.24, 2.45) is 0 Å². The molecule has 0 saturated carbocycles. The Morgan fingerprint density at radius 1 is 0.946 bits per heavy atom. The summed E-state index contributed by atoms with van der Waals surface area (Å²) < 4.78 is 27.6. The first-order chi connectivity index (χ1) is 17.4. The highest BCUT2D eigenvalue weighted by Crippen LogP contribution is 2.27. The molecular weight excluding hydrogens is 533 g/mol. The molecule has 10 heteroatoms. The van der Waals surface area contributed by atoms with Gasteiger partial charge in [-0.05, 0) is 55.3 Å². The van der Waals surface area contributed by atoms with Crippen molar-refractivity contribution in [1.82, 2.24) is 14.5 Å². The number of nitrogens with zero attached hydrogens (tertiary/aromatic N) is 2. The summed E-state index contributed by atoms with van der Waals surface area (Å²) in [4.78, 5) is 27.8. The van der Waals surface area contributed by atoms with Crippen molar-refractivity contribution in [2.75, 3.05) is 13.6 Å².